The third-order valence-electron chi connectivity index (χ3n) is 2.90. The minimum Gasteiger partial charge on any atom is -0.364 e. The summed E-state index contributed by atoms with van der Waals surface area (Å²) in [5.41, 5.74) is 4.63. The Hall–Kier alpha value is -0.720. The van der Waals surface area contributed by atoms with E-state index in [-0.39, 0.29) is 5.41 Å². The molecule has 1 aromatic heterocycles. The molecule has 1 rings (SSSR count). The van der Waals surface area contributed by atoms with E-state index in [2.05, 4.69) is 59.6 Å². The monoisotopic (exact) mass is 207 g/mol. The van der Waals surface area contributed by atoms with E-state index in [1.807, 2.05) is 0 Å². The lowest BCUT2D eigenvalue weighted by atomic mass is 9.83. The number of aromatic amines is 1. The molecule has 0 aliphatic rings. The van der Waals surface area contributed by atoms with Crippen molar-refractivity contribution < 1.29 is 0 Å². The van der Waals surface area contributed by atoms with Crippen LogP contribution in [0.5, 0.6) is 0 Å². The summed E-state index contributed by atoms with van der Waals surface area (Å²) in [7, 11) is 0. The van der Waals surface area contributed by atoms with Crippen molar-refractivity contribution in [2.75, 3.05) is 0 Å². The van der Waals surface area contributed by atoms with Crippen LogP contribution >= 0.6 is 0 Å². The molecule has 1 aromatic rings. The largest absolute Gasteiger partial charge is 0.364 e. The maximum Gasteiger partial charge on any atom is 0.0239 e. The van der Waals surface area contributed by atoms with Crippen LogP contribution in [0.25, 0.3) is 0 Å². The van der Waals surface area contributed by atoms with Crippen LogP contribution in [-0.4, -0.2) is 4.98 Å². The molecule has 1 heteroatoms. The van der Waals surface area contributed by atoms with Crippen molar-refractivity contribution in [2.45, 2.75) is 65.7 Å². The summed E-state index contributed by atoms with van der Waals surface area (Å²) in [5.74, 6) is 1.21. The van der Waals surface area contributed by atoms with Gasteiger partial charge in [0.05, 0.1) is 0 Å². The fraction of sp³-hybridized carbons (Fsp3) is 0.714. The molecule has 0 unspecified atom stereocenters. The molecule has 0 radical (unpaired) electrons. The van der Waals surface area contributed by atoms with Crippen molar-refractivity contribution in [3.8, 4) is 0 Å². The molecule has 1 heterocycles. The van der Waals surface area contributed by atoms with Gasteiger partial charge in [0.25, 0.3) is 0 Å². The highest BCUT2D eigenvalue weighted by Crippen LogP contribution is 2.35. The molecule has 0 atom stereocenters. The summed E-state index contributed by atoms with van der Waals surface area (Å²) in [6.45, 7) is 15.9. The Bertz CT molecular complexity index is 324. The SMILES string of the molecule is CC(C)c1c[nH]c(C(C)(C)C)c1C(C)C. The van der Waals surface area contributed by atoms with Crippen LogP contribution in [-0.2, 0) is 5.41 Å². The van der Waals surface area contributed by atoms with Gasteiger partial charge >= 0.3 is 0 Å². The number of aromatic nitrogens is 1. The van der Waals surface area contributed by atoms with Gasteiger partial charge in [0, 0.05) is 17.3 Å². The molecule has 0 fully saturated rings. The second-order valence-electron chi connectivity index (χ2n) is 6.09. The van der Waals surface area contributed by atoms with Crippen molar-refractivity contribution in [3.63, 3.8) is 0 Å². The molecular weight excluding hydrogens is 182 g/mol. The van der Waals surface area contributed by atoms with E-state index in [1.165, 1.54) is 16.8 Å². The molecule has 0 aliphatic carbocycles. The fourth-order valence-corrected chi connectivity index (χ4v) is 2.17. The van der Waals surface area contributed by atoms with Crippen LogP contribution in [0, 0.1) is 0 Å². The fourth-order valence-electron chi connectivity index (χ4n) is 2.17. The van der Waals surface area contributed by atoms with Gasteiger partial charge in [-0.05, 0) is 23.0 Å². The average Bonchev–Trinajstić information content (AvgIpc) is 2.45. The first-order valence-electron chi connectivity index (χ1n) is 5.96. The summed E-state index contributed by atoms with van der Waals surface area (Å²) >= 11 is 0. The maximum atomic E-state index is 3.48. The zero-order valence-corrected chi connectivity index (χ0v) is 11.2. The van der Waals surface area contributed by atoms with Crippen LogP contribution < -0.4 is 0 Å². The number of H-pyrrole nitrogens is 1. The summed E-state index contributed by atoms with van der Waals surface area (Å²) < 4.78 is 0. The van der Waals surface area contributed by atoms with Gasteiger partial charge in [-0.25, -0.2) is 0 Å². The lowest BCUT2D eigenvalue weighted by molar-refractivity contribution is 0.559. The molecule has 15 heavy (non-hydrogen) atoms. The van der Waals surface area contributed by atoms with E-state index in [0.717, 1.165) is 0 Å². The van der Waals surface area contributed by atoms with Gasteiger partial charge in [0.15, 0.2) is 0 Å². The number of rotatable bonds is 2. The molecule has 0 saturated carbocycles. The third kappa shape index (κ3) is 2.45. The van der Waals surface area contributed by atoms with Crippen LogP contribution in [0.4, 0.5) is 0 Å². The highest BCUT2D eigenvalue weighted by Gasteiger charge is 2.24. The molecule has 0 amide bonds. The van der Waals surface area contributed by atoms with E-state index in [4.69, 9.17) is 0 Å². The smallest absolute Gasteiger partial charge is 0.0239 e. The summed E-state index contributed by atoms with van der Waals surface area (Å²) in [5, 5.41) is 0. The lowest BCUT2D eigenvalue weighted by Crippen LogP contribution is -2.15. The lowest BCUT2D eigenvalue weighted by Gasteiger charge is -2.22. The van der Waals surface area contributed by atoms with Crippen LogP contribution in [0.1, 0.15) is 77.1 Å². The van der Waals surface area contributed by atoms with Gasteiger partial charge in [-0.15, -0.1) is 0 Å². The van der Waals surface area contributed by atoms with E-state index < -0.39 is 0 Å². The Labute approximate surface area is 94.3 Å². The molecule has 0 bridgehead atoms. The highest BCUT2D eigenvalue weighted by molar-refractivity contribution is 5.39. The number of hydrogen-bond donors (Lipinski definition) is 1. The van der Waals surface area contributed by atoms with E-state index in [1.54, 1.807) is 0 Å². The van der Waals surface area contributed by atoms with E-state index >= 15 is 0 Å². The highest BCUT2D eigenvalue weighted by atomic mass is 14.7. The van der Waals surface area contributed by atoms with E-state index in [9.17, 15) is 0 Å². The zero-order valence-electron chi connectivity index (χ0n) is 11.2. The predicted molar refractivity (Wildman–Crippen MR) is 67.7 cm³/mol. The van der Waals surface area contributed by atoms with E-state index in [0.29, 0.717) is 11.8 Å². The second kappa shape index (κ2) is 4.03. The second-order valence-corrected chi connectivity index (χ2v) is 6.09. The minimum atomic E-state index is 0.215. The van der Waals surface area contributed by atoms with Crippen molar-refractivity contribution in [1.82, 2.24) is 4.98 Å². The summed E-state index contributed by atoms with van der Waals surface area (Å²) in [6, 6.07) is 0. The minimum absolute atomic E-state index is 0.215. The Kier molecular flexibility index (Phi) is 3.32. The van der Waals surface area contributed by atoms with Crippen LogP contribution in [0.2, 0.25) is 0 Å². The maximum absolute atomic E-state index is 3.48. The van der Waals surface area contributed by atoms with Crippen molar-refractivity contribution >= 4 is 0 Å². The van der Waals surface area contributed by atoms with Crippen LogP contribution in [0.3, 0.4) is 0 Å². The van der Waals surface area contributed by atoms with Crippen molar-refractivity contribution in [2.24, 2.45) is 0 Å². The Morgan fingerprint density at radius 2 is 1.53 bits per heavy atom. The average molecular weight is 207 g/mol. The molecule has 0 spiro atoms. The van der Waals surface area contributed by atoms with Crippen molar-refractivity contribution in [1.29, 1.82) is 0 Å². The summed E-state index contributed by atoms with van der Waals surface area (Å²) in [6.07, 6.45) is 2.20. The van der Waals surface area contributed by atoms with Gasteiger partial charge in [0.1, 0.15) is 0 Å². The van der Waals surface area contributed by atoms with Crippen molar-refractivity contribution in [3.05, 3.63) is 23.0 Å². The zero-order chi connectivity index (χ0) is 11.8. The van der Waals surface area contributed by atoms with Gasteiger partial charge < -0.3 is 4.98 Å². The Morgan fingerprint density at radius 1 is 1.00 bits per heavy atom. The predicted octanol–water partition coefficient (Wildman–Crippen LogP) is 4.56. The standard InChI is InChI=1S/C14H25N/c1-9(2)11-8-15-13(14(5,6)7)12(11)10(3)4/h8-10,15H,1-7H3. The van der Waals surface area contributed by atoms with Gasteiger partial charge in [0.2, 0.25) is 0 Å². The Morgan fingerprint density at radius 3 is 1.87 bits per heavy atom. The molecule has 86 valence electrons. The van der Waals surface area contributed by atoms with Gasteiger partial charge in [-0.3, -0.25) is 0 Å². The van der Waals surface area contributed by atoms with Gasteiger partial charge in [-0.2, -0.15) is 0 Å². The first-order chi connectivity index (χ1) is 6.75. The molecular formula is C14H25N. The Balaban J connectivity index is 3.31. The normalized spacial score (nSPS) is 12.9. The first-order valence-corrected chi connectivity index (χ1v) is 5.96. The summed E-state index contributed by atoms with van der Waals surface area (Å²) in [4.78, 5) is 3.48. The molecule has 0 saturated heterocycles. The number of nitrogens with one attached hydrogen (secondary N) is 1. The topological polar surface area (TPSA) is 15.8 Å². The molecule has 1 nitrogen and oxygen atoms in total. The quantitative estimate of drug-likeness (QED) is 0.731. The number of hydrogen-bond acceptors (Lipinski definition) is 0. The molecule has 1 N–H and O–H groups in total. The van der Waals surface area contributed by atoms with Crippen LogP contribution in [0.15, 0.2) is 6.20 Å². The van der Waals surface area contributed by atoms with Gasteiger partial charge in [-0.1, -0.05) is 48.5 Å². The molecule has 0 aromatic carbocycles. The third-order valence-corrected chi connectivity index (χ3v) is 2.90. The first kappa shape index (κ1) is 12.4. The molecule has 0 aliphatic heterocycles.